The highest BCUT2D eigenvalue weighted by molar-refractivity contribution is 5.92. The standard InChI is InChI=1S/2C28H38N2O2.2C26H34N2O2.6CH4/c2*1-21(23-9-11-27(31)25(17-23)19-29-13-5-3-6-14-29)22(2)24-10-12-28(32)26(18-24)20-30-15-7-4-8-16-30;2*1-19(21-7-9-25(29)23(15-21)17-27-11-3-4-12-27)20(2)22-8-10-26(30)24(16-22)18-28-13-5-6-14-28;;;;;;/h2*9-12,17-18,31-32H,3-8,13-16,19-20H2,1-2H3;2*7-10,15-16,29-30H,3-6,11-14,17-18H2,1-2H3;6*1H4/b22-21+;22-21-;20-19+;20-19-;;;;;;. The molecule has 8 aromatic rings. The van der Waals surface area contributed by atoms with Crippen LogP contribution in [0.3, 0.4) is 0 Å². The van der Waals surface area contributed by atoms with Crippen LogP contribution in [0.1, 0.15) is 317 Å². The first-order chi connectivity index (χ1) is 60.0. The zero-order chi connectivity index (χ0) is 87.2. The Morgan fingerprint density at radius 3 is 0.354 bits per heavy atom. The number of hydrogen-bond acceptors (Lipinski definition) is 16. The number of hydrogen-bond donors (Lipinski definition) is 8. The predicted molar refractivity (Wildman–Crippen MR) is 552 cm³/mol. The van der Waals surface area contributed by atoms with Gasteiger partial charge in [-0.15, -0.1) is 0 Å². The highest BCUT2D eigenvalue weighted by Crippen LogP contribution is 2.40. The fourth-order valence-corrected chi connectivity index (χ4v) is 19.5. The molecule has 0 amide bonds. The van der Waals surface area contributed by atoms with Gasteiger partial charge in [-0.05, 0) is 449 Å². The maximum Gasteiger partial charge on any atom is 0.120 e. The minimum atomic E-state index is 0. The van der Waals surface area contributed by atoms with Gasteiger partial charge in [-0.1, -0.05) is 119 Å². The Morgan fingerprint density at radius 1 is 0.162 bits per heavy atom. The van der Waals surface area contributed by atoms with Crippen molar-refractivity contribution >= 4 is 44.6 Å². The van der Waals surface area contributed by atoms with Crippen molar-refractivity contribution < 1.29 is 40.9 Å². The molecule has 130 heavy (non-hydrogen) atoms. The average Bonchev–Trinajstić information content (AvgIpc) is 1.06. The number of rotatable bonds is 24. The number of nitrogens with zero attached hydrogens (tertiary/aromatic N) is 8. The zero-order valence-electron chi connectivity index (χ0n) is 76.1. The summed E-state index contributed by atoms with van der Waals surface area (Å²) in [5.74, 6) is 3.08. The van der Waals surface area contributed by atoms with Gasteiger partial charge in [-0.25, -0.2) is 0 Å². The summed E-state index contributed by atoms with van der Waals surface area (Å²) in [5.41, 5.74) is 26.9. The average molecular weight is 1780 g/mol. The summed E-state index contributed by atoms with van der Waals surface area (Å²) in [6, 6.07) is 47.9. The van der Waals surface area contributed by atoms with E-state index >= 15 is 0 Å². The van der Waals surface area contributed by atoms with Gasteiger partial charge < -0.3 is 40.9 Å². The second-order valence-corrected chi connectivity index (χ2v) is 37.0. The van der Waals surface area contributed by atoms with Gasteiger partial charge in [0.05, 0.1) is 0 Å². The number of allylic oxidation sites excluding steroid dienone is 8. The molecule has 0 aliphatic carbocycles. The van der Waals surface area contributed by atoms with Crippen LogP contribution in [0.25, 0.3) is 44.6 Å². The molecule has 0 spiro atoms. The Balaban J connectivity index is 0.000000234. The van der Waals surface area contributed by atoms with Crippen LogP contribution in [0.2, 0.25) is 0 Å². The summed E-state index contributed by atoms with van der Waals surface area (Å²) in [5, 5.41) is 83.2. The Morgan fingerprint density at radius 2 is 0.254 bits per heavy atom. The van der Waals surface area contributed by atoms with Crippen molar-refractivity contribution in [2.24, 2.45) is 0 Å². The second kappa shape index (κ2) is 52.9. The van der Waals surface area contributed by atoms with Crippen molar-refractivity contribution in [3.8, 4) is 46.0 Å². The quantitative estimate of drug-likeness (QED) is 0.0267. The fourth-order valence-electron chi connectivity index (χ4n) is 19.5. The summed E-state index contributed by atoms with van der Waals surface area (Å²) in [6.45, 7) is 41.6. The number of phenols is 8. The van der Waals surface area contributed by atoms with E-state index in [0.29, 0.717) is 46.0 Å². The largest absolute Gasteiger partial charge is 0.508 e. The molecule has 8 aromatic carbocycles. The zero-order valence-corrected chi connectivity index (χ0v) is 76.1. The third-order valence-electron chi connectivity index (χ3n) is 28.1. The number of likely N-dealkylation sites (tertiary alicyclic amines) is 8. The van der Waals surface area contributed by atoms with Crippen LogP contribution < -0.4 is 0 Å². The Kier molecular flexibility index (Phi) is 43.9. The lowest BCUT2D eigenvalue weighted by molar-refractivity contribution is 0.218. The highest BCUT2D eigenvalue weighted by atomic mass is 16.3. The molecule has 16 heteroatoms. The SMILES string of the molecule is C.C.C.C.C.C.C/C(=C(/C)c1ccc(O)c(CN2CCCC2)c1)c1ccc(O)c(CN2CCCC2)c1.C/C(=C(/C)c1ccc(O)c(CN2CCCCC2)c1)c1ccc(O)c(CN2CCCCC2)c1.C/C(=C(\C)c1ccc(O)c(CN2CCCC2)c1)c1ccc(O)c(CN2CCCC2)c1.C/C(=C(\C)c1ccc(O)c(CN2CCCCC2)c1)c1ccc(O)c(CN2CCCCC2)c1. The van der Waals surface area contributed by atoms with E-state index in [9.17, 15) is 40.9 Å². The van der Waals surface area contributed by atoms with Crippen LogP contribution in [0.5, 0.6) is 46.0 Å². The molecule has 8 N–H and O–H groups in total. The predicted octanol–water partition coefficient (Wildman–Crippen LogP) is 26.3. The summed E-state index contributed by atoms with van der Waals surface area (Å²) in [7, 11) is 0. The number of benzene rings is 8. The van der Waals surface area contributed by atoms with Crippen molar-refractivity contribution in [2.75, 3.05) is 105 Å². The van der Waals surface area contributed by atoms with E-state index < -0.39 is 0 Å². The lowest BCUT2D eigenvalue weighted by Crippen LogP contribution is -2.29. The van der Waals surface area contributed by atoms with Gasteiger partial charge in [0.1, 0.15) is 46.0 Å². The molecule has 8 heterocycles. The minimum Gasteiger partial charge on any atom is -0.508 e. The first kappa shape index (κ1) is 108. The Labute approximate surface area is 786 Å². The molecule has 8 saturated heterocycles. The lowest BCUT2D eigenvalue weighted by Gasteiger charge is -2.27. The van der Waals surface area contributed by atoms with Crippen LogP contribution in [-0.4, -0.2) is 185 Å². The minimum absolute atomic E-state index is 0. The van der Waals surface area contributed by atoms with Crippen molar-refractivity contribution in [1.82, 2.24) is 39.2 Å². The van der Waals surface area contributed by atoms with E-state index in [-0.39, 0.29) is 44.6 Å². The van der Waals surface area contributed by atoms with E-state index in [2.05, 4.69) is 143 Å². The maximum atomic E-state index is 10.5. The number of aromatic hydroxyl groups is 8. The lowest BCUT2D eigenvalue weighted by atomic mass is 9.94. The topological polar surface area (TPSA) is 188 Å². The van der Waals surface area contributed by atoms with Gasteiger partial charge in [0.15, 0.2) is 0 Å². The van der Waals surface area contributed by atoms with E-state index in [1.54, 1.807) is 0 Å². The molecular weight excluding hydrogens is 1610 g/mol. The maximum absolute atomic E-state index is 10.5. The molecular formula is C114H168N8O8. The molecule has 712 valence electrons. The molecule has 8 aliphatic rings. The van der Waals surface area contributed by atoms with Gasteiger partial charge in [0.2, 0.25) is 0 Å². The molecule has 0 bridgehead atoms. The first-order valence-electron chi connectivity index (χ1n) is 47.1. The fraction of sp³-hybridized carbons (Fsp3) is 0.509. The van der Waals surface area contributed by atoms with Gasteiger partial charge in [-0.2, -0.15) is 0 Å². The van der Waals surface area contributed by atoms with Gasteiger partial charge >= 0.3 is 0 Å². The van der Waals surface area contributed by atoms with E-state index in [1.807, 2.05) is 97.1 Å². The van der Waals surface area contributed by atoms with Gasteiger partial charge in [-0.3, -0.25) is 39.2 Å². The van der Waals surface area contributed by atoms with Crippen LogP contribution in [0.15, 0.2) is 146 Å². The molecule has 16 nitrogen and oxygen atoms in total. The number of piperidine rings is 4. The van der Waals surface area contributed by atoms with Crippen molar-refractivity contribution in [2.45, 2.75) is 281 Å². The molecule has 0 radical (unpaired) electrons. The van der Waals surface area contributed by atoms with Crippen LogP contribution in [0, 0.1) is 0 Å². The number of phenolic OH excluding ortho intramolecular Hbond substituents is 8. The first-order valence-corrected chi connectivity index (χ1v) is 47.1. The van der Waals surface area contributed by atoms with Crippen molar-refractivity contribution in [3.63, 3.8) is 0 Å². The van der Waals surface area contributed by atoms with Crippen LogP contribution in [-0.2, 0) is 52.4 Å². The van der Waals surface area contributed by atoms with Crippen molar-refractivity contribution in [1.29, 1.82) is 0 Å². The molecule has 16 rings (SSSR count). The monoisotopic (exact) mass is 1780 g/mol. The Hall–Kier alpha value is -9.20. The molecule has 0 aromatic heterocycles. The summed E-state index contributed by atoms with van der Waals surface area (Å²) in [4.78, 5) is 19.4. The van der Waals surface area contributed by atoms with Crippen LogP contribution in [0.4, 0.5) is 0 Å². The van der Waals surface area contributed by atoms with E-state index in [4.69, 9.17) is 0 Å². The third-order valence-corrected chi connectivity index (χ3v) is 28.1. The van der Waals surface area contributed by atoms with Gasteiger partial charge in [0, 0.05) is 96.9 Å². The van der Waals surface area contributed by atoms with E-state index in [0.717, 1.165) is 246 Å². The molecule has 0 saturated carbocycles. The molecule has 0 atom stereocenters. The normalized spacial score (nSPS) is 18.0. The molecule has 8 fully saturated rings. The van der Waals surface area contributed by atoms with Crippen LogP contribution >= 0.6 is 0 Å². The third kappa shape index (κ3) is 29.9. The highest BCUT2D eigenvalue weighted by Gasteiger charge is 2.25. The van der Waals surface area contributed by atoms with Crippen molar-refractivity contribution in [3.05, 3.63) is 235 Å². The summed E-state index contributed by atoms with van der Waals surface area (Å²) in [6.07, 6.45) is 25.2. The van der Waals surface area contributed by atoms with Gasteiger partial charge in [0.25, 0.3) is 0 Å². The molecule has 0 unspecified atom stereocenters. The smallest absolute Gasteiger partial charge is 0.120 e. The summed E-state index contributed by atoms with van der Waals surface area (Å²) < 4.78 is 0. The van der Waals surface area contributed by atoms with E-state index in [1.165, 1.54) is 173 Å². The summed E-state index contributed by atoms with van der Waals surface area (Å²) >= 11 is 0. The second-order valence-electron chi connectivity index (χ2n) is 37.0. The molecule has 8 aliphatic heterocycles. The Bertz CT molecular complexity index is 4380.